The Bertz CT molecular complexity index is 666. The monoisotopic (exact) mass is 426 g/mol. The Hall–Kier alpha value is -2.06. The second-order valence-electron chi connectivity index (χ2n) is 5.42. The molecule has 8 heteroatoms. The lowest BCUT2D eigenvalue weighted by molar-refractivity contribution is 0.361. The van der Waals surface area contributed by atoms with Gasteiger partial charge in [0.15, 0.2) is 0 Å². The largest absolute Gasteiger partial charge is 0.496 e. The van der Waals surface area contributed by atoms with Crippen LogP contribution in [0.25, 0.3) is 0 Å². The van der Waals surface area contributed by atoms with Gasteiger partial charge in [0.1, 0.15) is 34.5 Å². The molecule has 6 nitrogen and oxygen atoms in total. The van der Waals surface area contributed by atoms with E-state index in [0.29, 0.717) is 11.5 Å². The molecule has 0 aliphatic heterocycles. The van der Waals surface area contributed by atoms with Gasteiger partial charge >= 0.3 is 0 Å². The summed E-state index contributed by atoms with van der Waals surface area (Å²) in [5.74, 6) is 5.97. The molecule has 0 N–H and O–H groups in total. The fraction of sp³-hybridized carbons (Fsp3) is 0.400. The Kier molecular flexibility index (Phi) is 8.79. The van der Waals surface area contributed by atoms with Crippen LogP contribution < -0.4 is 28.4 Å². The molecule has 0 heterocycles. The van der Waals surface area contributed by atoms with Crippen LogP contribution in [0.2, 0.25) is 0 Å². The van der Waals surface area contributed by atoms with Crippen LogP contribution in [0.1, 0.15) is 0 Å². The van der Waals surface area contributed by atoms with E-state index >= 15 is 0 Å². The summed E-state index contributed by atoms with van der Waals surface area (Å²) in [7, 11) is 9.79. The number of methoxy groups -OCH3 is 6. The van der Waals surface area contributed by atoms with Gasteiger partial charge in [-0.25, -0.2) is 0 Å². The Morgan fingerprint density at radius 1 is 0.500 bits per heavy atom. The smallest absolute Gasteiger partial charge is 0.139 e. The van der Waals surface area contributed by atoms with Crippen molar-refractivity contribution in [1.29, 1.82) is 0 Å². The highest BCUT2D eigenvalue weighted by molar-refractivity contribution is 8.03. The summed E-state index contributed by atoms with van der Waals surface area (Å²) in [6.07, 6.45) is 0. The van der Waals surface area contributed by atoms with Crippen LogP contribution in [-0.4, -0.2) is 54.2 Å². The molecule has 0 atom stereocenters. The van der Waals surface area contributed by atoms with Crippen molar-refractivity contribution in [3.05, 3.63) is 24.3 Å². The van der Waals surface area contributed by atoms with Crippen LogP contribution in [-0.2, 0) is 0 Å². The summed E-state index contributed by atoms with van der Waals surface area (Å²) in [5, 5.41) is 0. The third-order valence-corrected chi connectivity index (χ3v) is 6.37. The first-order valence-electron chi connectivity index (χ1n) is 8.47. The van der Waals surface area contributed by atoms with Gasteiger partial charge in [0.2, 0.25) is 0 Å². The second kappa shape index (κ2) is 11.1. The highest BCUT2D eigenvalue weighted by atomic mass is 32.2. The van der Waals surface area contributed by atoms with Crippen LogP contribution in [0.5, 0.6) is 34.5 Å². The number of hydrogen-bond donors (Lipinski definition) is 0. The summed E-state index contributed by atoms with van der Waals surface area (Å²) in [4.78, 5) is 1.89. The SMILES string of the molecule is COc1cc(OC)c(SCCSc2c(OC)cc(OC)cc2OC)c(OC)c1. The van der Waals surface area contributed by atoms with Crippen molar-refractivity contribution in [1.82, 2.24) is 0 Å². The lowest BCUT2D eigenvalue weighted by Gasteiger charge is -2.16. The maximum Gasteiger partial charge on any atom is 0.139 e. The van der Waals surface area contributed by atoms with Crippen molar-refractivity contribution in [3.63, 3.8) is 0 Å². The minimum atomic E-state index is 0.695. The molecule has 0 saturated carbocycles. The number of rotatable bonds is 11. The molecule has 0 aromatic heterocycles. The van der Waals surface area contributed by atoms with E-state index in [9.17, 15) is 0 Å². The Balaban J connectivity index is 2.11. The first-order chi connectivity index (χ1) is 13.6. The Labute approximate surface area is 174 Å². The molecular formula is C20H26O6S2. The average Bonchev–Trinajstić information content (AvgIpc) is 2.75. The van der Waals surface area contributed by atoms with Gasteiger partial charge in [0.25, 0.3) is 0 Å². The normalized spacial score (nSPS) is 10.4. The van der Waals surface area contributed by atoms with Crippen molar-refractivity contribution in [2.24, 2.45) is 0 Å². The van der Waals surface area contributed by atoms with Crippen molar-refractivity contribution in [2.75, 3.05) is 54.2 Å². The van der Waals surface area contributed by atoms with Crippen molar-refractivity contribution >= 4 is 23.5 Å². The summed E-state index contributed by atoms with van der Waals surface area (Å²) < 4.78 is 32.6. The highest BCUT2D eigenvalue weighted by Gasteiger charge is 2.16. The lowest BCUT2D eigenvalue weighted by atomic mass is 10.3. The van der Waals surface area contributed by atoms with Gasteiger partial charge in [-0.3, -0.25) is 0 Å². The Morgan fingerprint density at radius 2 is 0.786 bits per heavy atom. The maximum absolute atomic E-state index is 5.50. The third-order valence-electron chi connectivity index (χ3n) is 3.92. The van der Waals surface area contributed by atoms with Gasteiger partial charge in [-0.1, -0.05) is 0 Å². The molecule has 0 aliphatic carbocycles. The molecule has 0 amide bonds. The zero-order valence-electron chi connectivity index (χ0n) is 17.0. The molecule has 0 bridgehead atoms. The van der Waals surface area contributed by atoms with Crippen LogP contribution in [0.3, 0.4) is 0 Å². The molecule has 0 radical (unpaired) electrons. The first kappa shape index (κ1) is 22.2. The minimum absolute atomic E-state index is 0.695. The zero-order chi connectivity index (χ0) is 20.5. The molecule has 0 saturated heterocycles. The van der Waals surface area contributed by atoms with Crippen molar-refractivity contribution in [3.8, 4) is 34.5 Å². The van der Waals surface area contributed by atoms with E-state index in [0.717, 1.165) is 44.3 Å². The van der Waals surface area contributed by atoms with E-state index in [1.165, 1.54) is 0 Å². The fourth-order valence-electron chi connectivity index (χ4n) is 2.52. The van der Waals surface area contributed by atoms with Gasteiger partial charge in [0.05, 0.1) is 52.4 Å². The number of benzene rings is 2. The van der Waals surface area contributed by atoms with Gasteiger partial charge in [0, 0.05) is 35.8 Å². The van der Waals surface area contributed by atoms with E-state index in [1.807, 2.05) is 24.3 Å². The molecule has 2 aromatic carbocycles. The van der Waals surface area contributed by atoms with E-state index in [4.69, 9.17) is 28.4 Å². The summed E-state index contributed by atoms with van der Waals surface area (Å²) >= 11 is 3.33. The molecule has 0 aliphatic rings. The highest BCUT2D eigenvalue weighted by Crippen LogP contribution is 2.44. The molecule has 0 fully saturated rings. The van der Waals surface area contributed by atoms with Gasteiger partial charge < -0.3 is 28.4 Å². The summed E-state index contributed by atoms with van der Waals surface area (Å²) in [5.41, 5.74) is 0. The minimum Gasteiger partial charge on any atom is -0.496 e. The number of thioether (sulfide) groups is 2. The number of hydrogen-bond acceptors (Lipinski definition) is 8. The predicted molar refractivity (Wildman–Crippen MR) is 114 cm³/mol. The molecule has 154 valence electrons. The van der Waals surface area contributed by atoms with E-state index in [2.05, 4.69) is 0 Å². The van der Waals surface area contributed by atoms with Crippen LogP contribution in [0.15, 0.2) is 34.1 Å². The number of ether oxygens (including phenoxy) is 6. The van der Waals surface area contributed by atoms with Crippen LogP contribution in [0, 0.1) is 0 Å². The van der Waals surface area contributed by atoms with E-state index in [-0.39, 0.29) is 0 Å². The molecule has 2 aromatic rings. The summed E-state index contributed by atoms with van der Waals surface area (Å²) in [6, 6.07) is 7.42. The standard InChI is InChI=1S/C20H26O6S2/c1-21-13-9-15(23-3)19(16(10-13)24-4)27-7-8-28-20-17(25-5)11-14(22-2)12-18(20)26-6/h9-12H,7-8H2,1-6H3. The van der Waals surface area contributed by atoms with Crippen molar-refractivity contribution < 1.29 is 28.4 Å². The molecule has 0 unspecified atom stereocenters. The molecule has 0 spiro atoms. The zero-order valence-corrected chi connectivity index (χ0v) is 18.6. The van der Waals surface area contributed by atoms with Gasteiger partial charge in [-0.15, -0.1) is 23.5 Å². The topological polar surface area (TPSA) is 55.4 Å². The molecule has 2 rings (SSSR count). The molecule has 28 heavy (non-hydrogen) atoms. The molecular weight excluding hydrogens is 400 g/mol. The Morgan fingerprint density at radius 3 is 1.00 bits per heavy atom. The lowest BCUT2D eigenvalue weighted by Crippen LogP contribution is -1.97. The average molecular weight is 427 g/mol. The van der Waals surface area contributed by atoms with Gasteiger partial charge in [-0.2, -0.15) is 0 Å². The maximum atomic E-state index is 5.50. The fourth-order valence-corrected chi connectivity index (χ4v) is 4.73. The van der Waals surface area contributed by atoms with Crippen LogP contribution in [0.4, 0.5) is 0 Å². The van der Waals surface area contributed by atoms with E-state index in [1.54, 1.807) is 66.2 Å². The van der Waals surface area contributed by atoms with Crippen molar-refractivity contribution in [2.45, 2.75) is 9.79 Å². The first-order valence-corrected chi connectivity index (χ1v) is 10.4. The van der Waals surface area contributed by atoms with E-state index < -0.39 is 0 Å². The predicted octanol–water partition coefficient (Wildman–Crippen LogP) is 4.62. The van der Waals surface area contributed by atoms with Gasteiger partial charge in [-0.05, 0) is 0 Å². The third kappa shape index (κ3) is 5.26. The summed E-state index contributed by atoms with van der Waals surface area (Å²) in [6.45, 7) is 0. The second-order valence-corrected chi connectivity index (χ2v) is 7.63. The quantitative estimate of drug-likeness (QED) is 0.381. The van der Waals surface area contributed by atoms with Crippen LogP contribution >= 0.6 is 23.5 Å².